The maximum atomic E-state index is 14.4. The number of nitrogens with zero attached hydrogens (tertiary/aromatic N) is 1. The van der Waals surface area contributed by atoms with Gasteiger partial charge in [0.2, 0.25) is 0 Å². The molecule has 1 aliphatic heterocycles. The molecule has 10 heteroatoms. The van der Waals surface area contributed by atoms with Gasteiger partial charge in [0, 0.05) is 36.5 Å². The summed E-state index contributed by atoms with van der Waals surface area (Å²) in [6.07, 6.45) is 0.705. The predicted molar refractivity (Wildman–Crippen MR) is 111 cm³/mol. The molecule has 0 saturated heterocycles. The number of methoxy groups -OCH3 is 1. The lowest BCUT2D eigenvalue weighted by Crippen LogP contribution is -2.50. The highest BCUT2D eigenvalue weighted by Crippen LogP contribution is 2.32. The number of benzene rings is 2. The zero-order valence-corrected chi connectivity index (χ0v) is 18.1. The Morgan fingerprint density at radius 3 is 2.52 bits per heavy atom. The molecule has 0 unspecified atom stereocenters. The molecule has 8 nitrogen and oxygen atoms in total. The van der Waals surface area contributed by atoms with Crippen molar-refractivity contribution in [2.45, 2.75) is 24.6 Å². The second kappa shape index (κ2) is 8.27. The van der Waals surface area contributed by atoms with Gasteiger partial charge in [0.05, 0.1) is 7.11 Å². The second-order valence-corrected chi connectivity index (χ2v) is 10.1. The third-order valence-corrected chi connectivity index (χ3v) is 7.76. The summed E-state index contributed by atoms with van der Waals surface area (Å²) in [7, 11) is -2.42. The van der Waals surface area contributed by atoms with E-state index < -0.39 is 26.3 Å². The summed E-state index contributed by atoms with van der Waals surface area (Å²) < 4.78 is 41.8. The normalized spacial score (nSPS) is 15.4. The number of carbonyl (C=O) groups excluding carboxylic acids is 2. The van der Waals surface area contributed by atoms with Crippen LogP contribution in [-0.4, -0.2) is 55.0 Å². The van der Waals surface area contributed by atoms with Crippen LogP contribution in [-0.2, 0) is 21.2 Å². The Labute approximate surface area is 179 Å². The van der Waals surface area contributed by atoms with Crippen molar-refractivity contribution in [3.63, 3.8) is 0 Å². The van der Waals surface area contributed by atoms with Crippen LogP contribution in [0.3, 0.4) is 0 Å². The molecule has 0 aromatic heterocycles. The summed E-state index contributed by atoms with van der Waals surface area (Å²) in [5.41, 5.74) is 3.45. The lowest BCUT2D eigenvalue weighted by atomic mass is 10.00. The molecule has 0 aliphatic carbocycles. The molecule has 0 spiro atoms. The monoisotopic (exact) mass is 450 g/mol. The summed E-state index contributed by atoms with van der Waals surface area (Å²) in [5, 5.41) is 8.93. The average molecular weight is 450 g/mol. The molecule has 1 atom stereocenters. The minimum Gasteiger partial charge on any atom is -0.497 e. The van der Waals surface area contributed by atoms with Crippen molar-refractivity contribution in [1.82, 2.24) is 10.4 Å². The molecule has 1 aliphatic rings. The quantitative estimate of drug-likeness (QED) is 0.494. The number of sulfone groups is 1. The van der Waals surface area contributed by atoms with Crippen molar-refractivity contribution in [3.05, 3.63) is 53.3 Å². The van der Waals surface area contributed by atoms with E-state index in [4.69, 9.17) is 9.94 Å². The van der Waals surface area contributed by atoms with Crippen LogP contribution in [0.4, 0.5) is 4.39 Å². The standard InChI is InChI=1S/C21H23FN2O6S/c1-21(20(26)23-27,31(3,28)29)8-9-24-12-14-10-13(4-6-17(14)19(24)25)16-7-5-15(30-2)11-18(16)22/h4-7,10-11,27H,8-9,12H2,1-3H3,(H,23,26)/t21-/m1/s1. The van der Waals surface area contributed by atoms with Crippen LogP contribution in [0.1, 0.15) is 29.3 Å². The van der Waals surface area contributed by atoms with Crippen LogP contribution in [0.25, 0.3) is 11.1 Å². The number of hydrogen-bond acceptors (Lipinski definition) is 6. The number of hydroxylamine groups is 1. The zero-order chi connectivity index (χ0) is 23.0. The molecule has 0 bridgehead atoms. The van der Waals surface area contributed by atoms with Crippen LogP contribution < -0.4 is 10.2 Å². The molecule has 31 heavy (non-hydrogen) atoms. The second-order valence-electron chi connectivity index (χ2n) is 7.64. The zero-order valence-electron chi connectivity index (χ0n) is 17.3. The number of hydrogen-bond donors (Lipinski definition) is 2. The Bertz CT molecular complexity index is 1150. The number of amides is 2. The Kier molecular flexibility index (Phi) is 6.06. The molecule has 1 heterocycles. The highest BCUT2D eigenvalue weighted by Gasteiger charge is 2.44. The maximum Gasteiger partial charge on any atom is 0.264 e. The topological polar surface area (TPSA) is 113 Å². The number of halogens is 1. The van der Waals surface area contributed by atoms with Gasteiger partial charge in [-0.2, -0.15) is 0 Å². The van der Waals surface area contributed by atoms with Gasteiger partial charge in [-0.1, -0.05) is 6.07 Å². The molecular formula is C21H23FN2O6S. The molecule has 0 saturated carbocycles. The minimum absolute atomic E-state index is 0.0171. The van der Waals surface area contributed by atoms with Crippen molar-refractivity contribution < 1.29 is 32.3 Å². The first-order valence-corrected chi connectivity index (χ1v) is 11.3. The smallest absolute Gasteiger partial charge is 0.264 e. The van der Waals surface area contributed by atoms with Crippen molar-refractivity contribution in [2.24, 2.45) is 0 Å². The van der Waals surface area contributed by atoms with Gasteiger partial charge < -0.3 is 9.64 Å². The average Bonchev–Trinajstić information content (AvgIpc) is 3.05. The van der Waals surface area contributed by atoms with Crippen LogP contribution in [0.2, 0.25) is 0 Å². The van der Waals surface area contributed by atoms with E-state index in [1.165, 1.54) is 30.5 Å². The molecule has 2 amide bonds. The first-order valence-electron chi connectivity index (χ1n) is 9.42. The van der Waals surface area contributed by atoms with Crippen LogP contribution >= 0.6 is 0 Å². The highest BCUT2D eigenvalue weighted by molar-refractivity contribution is 7.92. The number of ether oxygens (including phenoxy) is 1. The van der Waals surface area contributed by atoms with Crippen LogP contribution in [0.15, 0.2) is 36.4 Å². The van der Waals surface area contributed by atoms with Gasteiger partial charge in [0.15, 0.2) is 14.6 Å². The van der Waals surface area contributed by atoms with Crippen LogP contribution in [0, 0.1) is 5.82 Å². The van der Waals surface area contributed by atoms with Crippen molar-refractivity contribution >= 4 is 21.7 Å². The van der Waals surface area contributed by atoms with Gasteiger partial charge >= 0.3 is 0 Å². The predicted octanol–water partition coefficient (Wildman–Crippen LogP) is 2.16. The Balaban J connectivity index is 1.82. The number of nitrogens with one attached hydrogen (secondary N) is 1. The van der Waals surface area contributed by atoms with Gasteiger partial charge in [-0.15, -0.1) is 0 Å². The van der Waals surface area contributed by atoms with Gasteiger partial charge in [0.1, 0.15) is 11.6 Å². The van der Waals surface area contributed by atoms with Crippen LogP contribution in [0.5, 0.6) is 5.75 Å². The molecule has 166 valence electrons. The first-order chi connectivity index (χ1) is 14.5. The van der Waals surface area contributed by atoms with Gasteiger partial charge in [-0.25, -0.2) is 18.3 Å². The third-order valence-electron chi connectivity index (χ3n) is 5.73. The van der Waals surface area contributed by atoms with Crippen molar-refractivity contribution in [3.8, 4) is 16.9 Å². The number of fused-ring (bicyclic) bond motifs is 1. The number of rotatable bonds is 7. The fourth-order valence-corrected chi connectivity index (χ4v) is 4.36. The molecular weight excluding hydrogens is 427 g/mol. The van der Waals surface area contributed by atoms with Gasteiger partial charge in [-0.05, 0) is 48.7 Å². The lowest BCUT2D eigenvalue weighted by molar-refractivity contribution is -0.131. The van der Waals surface area contributed by atoms with Crippen molar-refractivity contribution in [2.75, 3.05) is 19.9 Å². The van der Waals surface area contributed by atoms with E-state index in [0.29, 0.717) is 28.0 Å². The molecule has 0 radical (unpaired) electrons. The number of carbonyl (C=O) groups is 2. The third kappa shape index (κ3) is 4.13. The lowest BCUT2D eigenvalue weighted by Gasteiger charge is -2.27. The molecule has 2 N–H and O–H groups in total. The van der Waals surface area contributed by atoms with Gasteiger partial charge in [0.25, 0.3) is 11.8 Å². The Morgan fingerprint density at radius 2 is 1.94 bits per heavy atom. The SMILES string of the molecule is COc1ccc(-c2ccc3c(c2)CN(CC[C@](C)(C(=O)NO)S(C)(=O)=O)C3=O)c(F)c1. The van der Waals surface area contributed by atoms with E-state index in [2.05, 4.69) is 0 Å². The summed E-state index contributed by atoms with van der Waals surface area (Å²) >= 11 is 0. The largest absolute Gasteiger partial charge is 0.497 e. The van der Waals surface area contributed by atoms with E-state index in [0.717, 1.165) is 6.26 Å². The summed E-state index contributed by atoms with van der Waals surface area (Å²) in [6.45, 7) is 1.38. The van der Waals surface area contributed by atoms with E-state index in [1.807, 2.05) is 0 Å². The minimum atomic E-state index is -3.87. The van der Waals surface area contributed by atoms with Crippen molar-refractivity contribution in [1.29, 1.82) is 0 Å². The molecule has 3 rings (SSSR count). The summed E-state index contributed by atoms with van der Waals surface area (Å²) in [6, 6.07) is 9.47. The van der Waals surface area contributed by atoms with Gasteiger partial charge in [-0.3, -0.25) is 14.8 Å². The van der Waals surface area contributed by atoms with E-state index in [-0.39, 0.29) is 25.4 Å². The molecule has 0 fully saturated rings. The fourth-order valence-electron chi connectivity index (χ4n) is 3.52. The molecule has 2 aromatic rings. The highest BCUT2D eigenvalue weighted by atomic mass is 32.2. The van der Waals surface area contributed by atoms with E-state index in [9.17, 15) is 22.4 Å². The first kappa shape index (κ1) is 22.7. The fraction of sp³-hybridized carbons (Fsp3) is 0.333. The molecule has 2 aromatic carbocycles. The summed E-state index contributed by atoms with van der Waals surface area (Å²) in [4.78, 5) is 26.1. The Morgan fingerprint density at radius 1 is 1.26 bits per heavy atom. The van der Waals surface area contributed by atoms with E-state index in [1.54, 1.807) is 30.3 Å². The summed E-state index contributed by atoms with van der Waals surface area (Å²) in [5.74, 6) is -1.43. The maximum absolute atomic E-state index is 14.4. The Hall–Kier alpha value is -2.98. The van der Waals surface area contributed by atoms with E-state index >= 15 is 0 Å².